The fourth-order valence-electron chi connectivity index (χ4n) is 2.49. The maximum absolute atomic E-state index is 12.4. The summed E-state index contributed by atoms with van der Waals surface area (Å²) in [6.07, 6.45) is 3.23. The molecule has 0 spiro atoms. The number of nitrogens with zero attached hydrogens (tertiary/aromatic N) is 1. The van der Waals surface area contributed by atoms with Gasteiger partial charge in [0.15, 0.2) is 0 Å². The molecule has 20 heavy (non-hydrogen) atoms. The van der Waals surface area contributed by atoms with Crippen LogP contribution in [0, 0.1) is 0 Å². The molecule has 0 saturated heterocycles. The summed E-state index contributed by atoms with van der Waals surface area (Å²) in [6.45, 7) is 7.40. The lowest BCUT2D eigenvalue weighted by Gasteiger charge is -2.35. The fourth-order valence-corrected chi connectivity index (χ4v) is 3.69. The molecule has 2 unspecified atom stereocenters. The van der Waals surface area contributed by atoms with E-state index in [1.807, 2.05) is 32.5 Å². The van der Waals surface area contributed by atoms with Crippen molar-refractivity contribution >= 4 is 23.8 Å². The average molecular weight is 302 g/mol. The maximum Gasteiger partial charge on any atom is 0.323 e. The molecule has 1 saturated carbocycles. The van der Waals surface area contributed by atoms with Gasteiger partial charge in [-0.25, -0.2) is 4.79 Å². The van der Waals surface area contributed by atoms with Crippen LogP contribution in [0.1, 0.15) is 47.0 Å². The van der Waals surface area contributed by atoms with Crippen LogP contribution in [0.3, 0.4) is 0 Å². The molecule has 1 aliphatic carbocycles. The summed E-state index contributed by atoms with van der Waals surface area (Å²) in [5, 5.41) is 12.5. The lowest BCUT2D eigenvalue weighted by Crippen LogP contribution is -2.55. The Morgan fingerprint density at radius 1 is 1.35 bits per heavy atom. The first-order chi connectivity index (χ1) is 9.25. The third-order valence-electron chi connectivity index (χ3n) is 3.49. The molecule has 0 heterocycles. The lowest BCUT2D eigenvalue weighted by atomic mass is 10.1. The van der Waals surface area contributed by atoms with Gasteiger partial charge in [0.1, 0.15) is 6.54 Å². The quantitative estimate of drug-likeness (QED) is 0.819. The van der Waals surface area contributed by atoms with E-state index in [4.69, 9.17) is 5.11 Å². The van der Waals surface area contributed by atoms with E-state index in [0.717, 1.165) is 25.0 Å². The minimum Gasteiger partial charge on any atom is -0.480 e. The van der Waals surface area contributed by atoms with Gasteiger partial charge in [0.05, 0.1) is 0 Å². The number of hydrogen-bond acceptors (Lipinski definition) is 3. The predicted octanol–water partition coefficient (Wildman–Crippen LogP) is 2.56. The molecule has 2 amide bonds. The first-order valence-corrected chi connectivity index (χ1v) is 8.22. The topological polar surface area (TPSA) is 69.6 Å². The van der Waals surface area contributed by atoms with Crippen molar-refractivity contribution in [2.75, 3.05) is 12.3 Å². The van der Waals surface area contributed by atoms with Gasteiger partial charge in [-0.15, -0.1) is 0 Å². The monoisotopic (exact) mass is 302 g/mol. The van der Waals surface area contributed by atoms with Crippen molar-refractivity contribution in [3.05, 3.63) is 0 Å². The molecule has 0 aliphatic heterocycles. The largest absolute Gasteiger partial charge is 0.480 e. The van der Waals surface area contributed by atoms with E-state index in [2.05, 4.69) is 12.2 Å². The highest BCUT2D eigenvalue weighted by atomic mass is 32.2. The zero-order valence-corrected chi connectivity index (χ0v) is 13.6. The number of carboxylic acid groups (broad SMARTS) is 1. The van der Waals surface area contributed by atoms with Crippen molar-refractivity contribution in [3.8, 4) is 0 Å². The molecular weight excluding hydrogens is 276 g/mol. The number of carboxylic acids is 1. The molecular formula is C14H26N2O3S. The van der Waals surface area contributed by atoms with Crippen LogP contribution in [0.15, 0.2) is 0 Å². The maximum atomic E-state index is 12.4. The second-order valence-electron chi connectivity index (χ2n) is 6.13. The van der Waals surface area contributed by atoms with E-state index in [0.29, 0.717) is 5.25 Å². The van der Waals surface area contributed by atoms with E-state index in [1.54, 1.807) is 0 Å². The molecule has 0 aromatic carbocycles. The molecule has 0 aromatic heterocycles. The molecule has 0 radical (unpaired) electrons. The molecule has 116 valence electrons. The van der Waals surface area contributed by atoms with Crippen molar-refractivity contribution < 1.29 is 14.7 Å². The molecule has 2 atom stereocenters. The van der Waals surface area contributed by atoms with Gasteiger partial charge in [0, 0.05) is 16.8 Å². The van der Waals surface area contributed by atoms with Crippen LogP contribution in [0.5, 0.6) is 0 Å². The molecule has 1 aliphatic rings. The van der Waals surface area contributed by atoms with E-state index in [1.165, 1.54) is 4.90 Å². The minimum absolute atomic E-state index is 0.158. The van der Waals surface area contributed by atoms with E-state index >= 15 is 0 Å². The number of hydrogen-bond donors (Lipinski definition) is 2. The molecule has 1 fully saturated rings. The number of nitrogens with one attached hydrogen (secondary N) is 1. The molecule has 0 bridgehead atoms. The number of thioether (sulfide) groups is 1. The van der Waals surface area contributed by atoms with Crippen molar-refractivity contribution in [2.45, 2.75) is 63.8 Å². The van der Waals surface area contributed by atoms with Crippen LogP contribution >= 0.6 is 11.8 Å². The van der Waals surface area contributed by atoms with Crippen LogP contribution < -0.4 is 5.32 Å². The van der Waals surface area contributed by atoms with Gasteiger partial charge >= 0.3 is 12.0 Å². The SMILES string of the molecule is CCSC1CCCC1NC(=O)N(CC(=O)O)C(C)(C)C. The highest BCUT2D eigenvalue weighted by Crippen LogP contribution is 2.30. The van der Waals surface area contributed by atoms with E-state index < -0.39 is 11.5 Å². The van der Waals surface area contributed by atoms with Gasteiger partial charge in [-0.1, -0.05) is 13.3 Å². The summed E-state index contributed by atoms with van der Waals surface area (Å²) in [7, 11) is 0. The van der Waals surface area contributed by atoms with Gasteiger partial charge < -0.3 is 15.3 Å². The summed E-state index contributed by atoms with van der Waals surface area (Å²) < 4.78 is 0. The van der Waals surface area contributed by atoms with Gasteiger partial charge in [-0.2, -0.15) is 11.8 Å². The van der Waals surface area contributed by atoms with Crippen molar-refractivity contribution in [2.24, 2.45) is 0 Å². The Bertz CT molecular complexity index is 355. The summed E-state index contributed by atoms with van der Waals surface area (Å²) in [4.78, 5) is 24.7. The minimum atomic E-state index is -0.985. The fraction of sp³-hybridized carbons (Fsp3) is 0.857. The number of urea groups is 1. The Morgan fingerprint density at radius 2 is 2.00 bits per heavy atom. The van der Waals surface area contributed by atoms with E-state index in [-0.39, 0.29) is 18.6 Å². The first kappa shape index (κ1) is 17.1. The molecule has 6 heteroatoms. The summed E-state index contributed by atoms with van der Waals surface area (Å²) >= 11 is 1.87. The number of amides is 2. The zero-order chi connectivity index (χ0) is 15.3. The van der Waals surface area contributed by atoms with Gasteiger partial charge in [0.25, 0.3) is 0 Å². The zero-order valence-electron chi connectivity index (χ0n) is 12.8. The van der Waals surface area contributed by atoms with Crippen LogP contribution in [-0.4, -0.2) is 51.1 Å². The van der Waals surface area contributed by atoms with Crippen molar-refractivity contribution in [1.29, 1.82) is 0 Å². The normalized spacial score (nSPS) is 22.6. The van der Waals surface area contributed by atoms with E-state index in [9.17, 15) is 9.59 Å². The Labute approximate surface area is 125 Å². The van der Waals surface area contributed by atoms with Crippen LogP contribution in [0.4, 0.5) is 4.79 Å². The van der Waals surface area contributed by atoms with Gasteiger partial charge in [0.2, 0.25) is 0 Å². The molecule has 5 nitrogen and oxygen atoms in total. The number of carbonyl (C=O) groups excluding carboxylic acids is 1. The highest BCUT2D eigenvalue weighted by Gasteiger charge is 2.33. The lowest BCUT2D eigenvalue weighted by molar-refractivity contribution is -0.138. The number of aliphatic carboxylic acids is 1. The second-order valence-corrected chi connectivity index (χ2v) is 7.65. The standard InChI is InChI=1S/C14H26N2O3S/c1-5-20-11-8-6-7-10(11)15-13(19)16(9-12(17)18)14(2,3)4/h10-11H,5-9H2,1-4H3,(H,15,19)(H,17,18). The average Bonchev–Trinajstić information content (AvgIpc) is 2.72. The highest BCUT2D eigenvalue weighted by molar-refractivity contribution is 7.99. The van der Waals surface area contributed by atoms with Gasteiger partial charge in [-0.05, 0) is 39.4 Å². The van der Waals surface area contributed by atoms with Crippen molar-refractivity contribution in [1.82, 2.24) is 10.2 Å². The first-order valence-electron chi connectivity index (χ1n) is 7.17. The van der Waals surface area contributed by atoms with Crippen LogP contribution in [0.2, 0.25) is 0 Å². The van der Waals surface area contributed by atoms with Crippen molar-refractivity contribution in [3.63, 3.8) is 0 Å². The predicted molar refractivity (Wildman–Crippen MR) is 82.2 cm³/mol. The molecule has 2 N–H and O–H groups in total. The smallest absolute Gasteiger partial charge is 0.323 e. The van der Waals surface area contributed by atoms with Gasteiger partial charge in [-0.3, -0.25) is 4.79 Å². The Morgan fingerprint density at radius 3 is 2.50 bits per heavy atom. The summed E-state index contributed by atoms with van der Waals surface area (Å²) in [5.41, 5.74) is -0.505. The third-order valence-corrected chi connectivity index (χ3v) is 4.82. The Balaban J connectivity index is 2.68. The number of carbonyl (C=O) groups is 2. The summed E-state index contributed by atoms with van der Waals surface area (Å²) in [5.74, 6) is 0.0516. The Kier molecular flexibility index (Phi) is 6.17. The molecule has 1 rings (SSSR count). The van der Waals surface area contributed by atoms with Crippen LogP contribution in [-0.2, 0) is 4.79 Å². The Hall–Kier alpha value is -0.910. The second kappa shape index (κ2) is 7.20. The summed E-state index contributed by atoms with van der Waals surface area (Å²) in [6, 6.07) is -0.111. The third kappa shape index (κ3) is 4.89. The van der Waals surface area contributed by atoms with Crippen LogP contribution in [0.25, 0.3) is 0 Å². The molecule has 0 aromatic rings. The number of rotatable bonds is 5.